The second-order valence-corrected chi connectivity index (χ2v) is 8.09. The first kappa shape index (κ1) is 24.0. The van der Waals surface area contributed by atoms with Gasteiger partial charge in [-0.15, -0.1) is 0 Å². The molecule has 0 saturated heterocycles. The topological polar surface area (TPSA) is 87.6 Å². The Morgan fingerprint density at radius 1 is 1.21 bits per heavy atom. The van der Waals surface area contributed by atoms with Gasteiger partial charge in [-0.3, -0.25) is 4.99 Å². The van der Waals surface area contributed by atoms with Crippen LogP contribution in [-0.4, -0.2) is 48.3 Å². The zero-order valence-corrected chi connectivity index (χ0v) is 18.6. The molecule has 0 aliphatic carbocycles. The molecule has 28 heavy (non-hydrogen) atoms. The van der Waals surface area contributed by atoms with Gasteiger partial charge in [-0.1, -0.05) is 31.5 Å². The molecular weight excluding hydrogens is 378 g/mol. The Labute approximate surface area is 173 Å². The van der Waals surface area contributed by atoms with E-state index in [1.54, 1.807) is 19.3 Å². The van der Waals surface area contributed by atoms with E-state index in [0.29, 0.717) is 24.2 Å². The summed E-state index contributed by atoms with van der Waals surface area (Å²) in [7, 11) is 1.72. The number of halogens is 1. The number of nitrogens with one attached hydrogen (secondary N) is 3. The normalized spacial score (nSPS) is 12.5. The molecule has 0 bridgehead atoms. The SMILES string of the molecule is CCC(CC)(CNC(=NC)NCCc1ccc(Cl)nc1)NC(=O)OC(C)(C)C. The maximum atomic E-state index is 12.2. The number of amides is 1. The second kappa shape index (κ2) is 11.1. The molecule has 7 nitrogen and oxygen atoms in total. The molecular formula is C20H34ClN5O2. The van der Waals surface area contributed by atoms with Crippen molar-refractivity contribution in [3.8, 4) is 0 Å². The smallest absolute Gasteiger partial charge is 0.408 e. The fraction of sp³-hybridized carbons (Fsp3) is 0.650. The van der Waals surface area contributed by atoms with E-state index in [0.717, 1.165) is 24.8 Å². The molecule has 0 spiro atoms. The Balaban J connectivity index is 2.56. The van der Waals surface area contributed by atoms with Crippen LogP contribution in [-0.2, 0) is 11.2 Å². The highest BCUT2D eigenvalue weighted by Gasteiger charge is 2.30. The van der Waals surface area contributed by atoms with Gasteiger partial charge in [-0.05, 0) is 51.7 Å². The lowest BCUT2D eigenvalue weighted by molar-refractivity contribution is 0.0448. The van der Waals surface area contributed by atoms with E-state index < -0.39 is 17.2 Å². The van der Waals surface area contributed by atoms with Crippen LogP contribution in [0.5, 0.6) is 0 Å². The van der Waals surface area contributed by atoms with Crippen LogP contribution in [0.15, 0.2) is 23.3 Å². The van der Waals surface area contributed by atoms with E-state index in [4.69, 9.17) is 16.3 Å². The number of alkyl carbamates (subject to hydrolysis) is 1. The largest absolute Gasteiger partial charge is 0.444 e. The first-order chi connectivity index (χ1) is 13.1. The zero-order valence-electron chi connectivity index (χ0n) is 17.9. The summed E-state index contributed by atoms with van der Waals surface area (Å²) in [5.74, 6) is 0.680. The van der Waals surface area contributed by atoms with Gasteiger partial charge < -0.3 is 20.7 Å². The Hall–Kier alpha value is -2.02. The highest BCUT2D eigenvalue weighted by Crippen LogP contribution is 2.16. The van der Waals surface area contributed by atoms with Crippen molar-refractivity contribution in [1.29, 1.82) is 0 Å². The molecule has 8 heteroatoms. The number of ether oxygens (including phenoxy) is 1. The van der Waals surface area contributed by atoms with E-state index in [2.05, 4.69) is 25.9 Å². The number of nitrogens with zero attached hydrogens (tertiary/aromatic N) is 2. The molecule has 0 aromatic carbocycles. The van der Waals surface area contributed by atoms with Crippen LogP contribution < -0.4 is 16.0 Å². The third-order valence-corrected chi connectivity index (χ3v) is 4.66. The van der Waals surface area contributed by atoms with Gasteiger partial charge >= 0.3 is 6.09 Å². The lowest BCUT2D eigenvalue weighted by atomic mass is 9.93. The van der Waals surface area contributed by atoms with Crippen molar-refractivity contribution in [2.75, 3.05) is 20.1 Å². The van der Waals surface area contributed by atoms with E-state index in [1.165, 1.54) is 0 Å². The number of aliphatic imine (C=N–C) groups is 1. The molecule has 1 aromatic rings. The predicted octanol–water partition coefficient (Wildman–Crippen LogP) is 3.53. The average molecular weight is 412 g/mol. The van der Waals surface area contributed by atoms with Crippen molar-refractivity contribution in [2.45, 2.75) is 65.0 Å². The Morgan fingerprint density at radius 2 is 1.89 bits per heavy atom. The number of guanidine groups is 1. The number of hydrogen-bond acceptors (Lipinski definition) is 4. The van der Waals surface area contributed by atoms with Gasteiger partial charge in [0.2, 0.25) is 0 Å². The summed E-state index contributed by atoms with van der Waals surface area (Å²) in [6, 6.07) is 3.74. The van der Waals surface area contributed by atoms with Gasteiger partial charge in [0, 0.05) is 26.3 Å². The van der Waals surface area contributed by atoms with Crippen LogP contribution in [0.25, 0.3) is 0 Å². The minimum absolute atomic E-state index is 0.406. The highest BCUT2D eigenvalue weighted by atomic mass is 35.5. The molecule has 0 aliphatic heterocycles. The molecule has 1 rings (SSSR count). The minimum atomic E-state index is -0.529. The van der Waals surface area contributed by atoms with Crippen molar-refractivity contribution in [3.05, 3.63) is 29.0 Å². The van der Waals surface area contributed by atoms with E-state index >= 15 is 0 Å². The summed E-state index contributed by atoms with van der Waals surface area (Å²) in [4.78, 5) is 20.6. The summed E-state index contributed by atoms with van der Waals surface area (Å²) in [5, 5.41) is 10.1. The number of aromatic nitrogens is 1. The van der Waals surface area contributed by atoms with Crippen molar-refractivity contribution in [1.82, 2.24) is 20.9 Å². The number of pyridine rings is 1. The van der Waals surface area contributed by atoms with Crippen molar-refractivity contribution >= 4 is 23.7 Å². The van der Waals surface area contributed by atoms with Crippen LogP contribution >= 0.6 is 11.6 Å². The molecule has 1 aromatic heterocycles. The van der Waals surface area contributed by atoms with E-state index in [9.17, 15) is 4.79 Å². The van der Waals surface area contributed by atoms with E-state index in [-0.39, 0.29) is 0 Å². The van der Waals surface area contributed by atoms with Crippen LogP contribution in [0.1, 0.15) is 53.0 Å². The Kier molecular flexibility index (Phi) is 9.52. The molecule has 0 unspecified atom stereocenters. The summed E-state index contributed by atoms with van der Waals surface area (Å²) < 4.78 is 5.41. The van der Waals surface area contributed by atoms with Crippen LogP contribution in [0.3, 0.4) is 0 Å². The van der Waals surface area contributed by atoms with Gasteiger partial charge in [0.1, 0.15) is 10.8 Å². The zero-order chi connectivity index (χ0) is 21.2. The molecule has 1 heterocycles. The van der Waals surface area contributed by atoms with E-state index in [1.807, 2.05) is 40.7 Å². The summed E-state index contributed by atoms with van der Waals surface area (Å²) >= 11 is 5.81. The van der Waals surface area contributed by atoms with Gasteiger partial charge in [0.25, 0.3) is 0 Å². The molecule has 158 valence electrons. The highest BCUT2D eigenvalue weighted by molar-refractivity contribution is 6.29. The molecule has 0 atom stereocenters. The van der Waals surface area contributed by atoms with Crippen molar-refractivity contribution in [3.63, 3.8) is 0 Å². The predicted molar refractivity (Wildman–Crippen MR) is 115 cm³/mol. The van der Waals surface area contributed by atoms with Gasteiger partial charge in [0.15, 0.2) is 5.96 Å². The molecule has 1 amide bonds. The van der Waals surface area contributed by atoms with Gasteiger partial charge in [0.05, 0.1) is 5.54 Å². The van der Waals surface area contributed by atoms with Crippen molar-refractivity contribution < 1.29 is 9.53 Å². The van der Waals surface area contributed by atoms with Crippen molar-refractivity contribution in [2.24, 2.45) is 4.99 Å². The fourth-order valence-corrected chi connectivity index (χ4v) is 2.71. The lowest BCUT2D eigenvalue weighted by Gasteiger charge is -2.34. The first-order valence-corrected chi connectivity index (χ1v) is 10.1. The monoisotopic (exact) mass is 411 g/mol. The first-order valence-electron chi connectivity index (χ1n) is 9.69. The third kappa shape index (κ3) is 8.78. The summed E-state index contributed by atoms with van der Waals surface area (Å²) in [6.45, 7) is 10.9. The third-order valence-electron chi connectivity index (χ3n) is 4.43. The Morgan fingerprint density at radius 3 is 2.39 bits per heavy atom. The van der Waals surface area contributed by atoms with Crippen LogP contribution in [0.4, 0.5) is 4.79 Å². The number of rotatable bonds is 8. The average Bonchev–Trinajstić information content (AvgIpc) is 2.63. The van der Waals surface area contributed by atoms with Gasteiger partial charge in [-0.25, -0.2) is 9.78 Å². The minimum Gasteiger partial charge on any atom is -0.444 e. The maximum Gasteiger partial charge on any atom is 0.408 e. The maximum absolute atomic E-state index is 12.2. The molecule has 0 saturated carbocycles. The number of hydrogen-bond donors (Lipinski definition) is 3. The van der Waals surface area contributed by atoms with Crippen LogP contribution in [0, 0.1) is 0 Å². The van der Waals surface area contributed by atoms with Crippen LogP contribution in [0.2, 0.25) is 5.15 Å². The standard InChI is InChI=1S/C20H34ClN5O2/c1-7-20(8-2,26-18(27)28-19(3,4)5)14-25-17(22-6)23-12-11-15-9-10-16(21)24-13-15/h9-10,13H,7-8,11-12,14H2,1-6H3,(H,26,27)(H2,22,23,25). The Bertz CT molecular complexity index is 637. The summed E-state index contributed by atoms with van der Waals surface area (Å²) in [5.41, 5.74) is 0.147. The molecule has 0 radical (unpaired) electrons. The molecule has 3 N–H and O–H groups in total. The van der Waals surface area contributed by atoms with Gasteiger partial charge in [-0.2, -0.15) is 0 Å². The number of carbonyl (C=O) groups excluding carboxylic acids is 1. The lowest BCUT2D eigenvalue weighted by Crippen LogP contribution is -2.57. The second-order valence-electron chi connectivity index (χ2n) is 7.71. The fourth-order valence-electron chi connectivity index (χ4n) is 2.59. The molecule has 0 aliphatic rings. The molecule has 0 fully saturated rings. The summed E-state index contributed by atoms with van der Waals surface area (Å²) in [6.07, 6.45) is 3.70. The number of carbonyl (C=O) groups is 1. The quantitative estimate of drug-likeness (QED) is 0.346.